The normalized spacial score (nSPS) is 11.6. The van der Waals surface area contributed by atoms with Crippen molar-refractivity contribution in [3.63, 3.8) is 0 Å². The van der Waals surface area contributed by atoms with E-state index in [-0.39, 0.29) is 19.2 Å². The predicted octanol–water partition coefficient (Wildman–Crippen LogP) is 6.65. The second kappa shape index (κ2) is 13.7. The lowest BCUT2D eigenvalue weighted by atomic mass is 10.1. The Balaban J connectivity index is 0.879. The maximum atomic E-state index is 12.4. The minimum atomic E-state index is -0.504. The van der Waals surface area contributed by atoms with Gasteiger partial charge in [-0.15, -0.1) is 11.3 Å². The first kappa shape index (κ1) is 31.2. The molecule has 14 heteroatoms. The number of nitrogen functional groups attached to an aromatic ring is 1. The summed E-state index contributed by atoms with van der Waals surface area (Å²) in [7, 11) is 1.93. The fourth-order valence-corrected chi connectivity index (χ4v) is 6.01. The van der Waals surface area contributed by atoms with Gasteiger partial charge in [-0.3, -0.25) is 0 Å². The average molecular weight is 672 g/mol. The van der Waals surface area contributed by atoms with E-state index < -0.39 is 6.09 Å². The third kappa shape index (κ3) is 7.11. The number of ether oxygens (including phenoxy) is 2. The van der Waals surface area contributed by atoms with Gasteiger partial charge in [0.1, 0.15) is 35.1 Å². The molecule has 0 aliphatic rings. The van der Waals surface area contributed by atoms with Gasteiger partial charge in [-0.05, 0) is 53.6 Å². The van der Waals surface area contributed by atoms with E-state index in [1.165, 1.54) is 17.7 Å². The summed E-state index contributed by atoms with van der Waals surface area (Å²) in [5.41, 5.74) is 11.5. The van der Waals surface area contributed by atoms with Crippen LogP contribution in [0.15, 0.2) is 83.5 Å². The molecule has 0 saturated carbocycles. The number of carbonyl (C=O) groups is 1. The number of aromatic nitrogens is 5. The zero-order valence-corrected chi connectivity index (χ0v) is 27.0. The summed E-state index contributed by atoms with van der Waals surface area (Å²) in [6.45, 7) is 8.97. The summed E-state index contributed by atoms with van der Waals surface area (Å²) in [5, 5.41) is 4.34. The number of H-pyrrole nitrogens is 1. The van der Waals surface area contributed by atoms with E-state index in [0.29, 0.717) is 52.2 Å². The van der Waals surface area contributed by atoms with Crippen LogP contribution in [0.3, 0.4) is 0 Å². The third-order valence-corrected chi connectivity index (χ3v) is 8.70. The fourth-order valence-electron chi connectivity index (χ4n) is 5.08. The number of amides is 1. The molecule has 0 saturated heterocycles. The first-order valence-electron chi connectivity index (χ1n) is 15.2. The topological polar surface area (TPSA) is 162 Å². The van der Waals surface area contributed by atoms with Crippen molar-refractivity contribution in [2.24, 2.45) is 0 Å². The largest absolute Gasteiger partial charge is 0.471 e. The molecule has 4 N–H and O–H groups in total. The zero-order valence-electron chi connectivity index (χ0n) is 26.2. The number of thiazole rings is 1. The molecule has 0 unspecified atom stereocenters. The summed E-state index contributed by atoms with van der Waals surface area (Å²) in [6.07, 6.45) is 2.73. The number of rotatable bonds is 11. The summed E-state index contributed by atoms with van der Waals surface area (Å²) in [6, 6.07) is 23.2. The van der Waals surface area contributed by atoms with Gasteiger partial charge in [-0.1, -0.05) is 36.4 Å². The molecule has 3 aromatic carbocycles. The Hall–Kier alpha value is -6.46. The molecule has 13 nitrogen and oxygen atoms in total. The van der Waals surface area contributed by atoms with E-state index in [2.05, 4.69) is 35.1 Å². The number of nitrogens with zero attached hydrogens (tertiary/aromatic N) is 6. The number of hydrogen-bond acceptors (Lipinski definition) is 11. The summed E-state index contributed by atoms with van der Waals surface area (Å²) >= 11 is 1.48. The molecule has 0 aliphatic carbocycles. The lowest BCUT2D eigenvalue weighted by Crippen LogP contribution is -2.28. The molecule has 0 aliphatic heterocycles. The SMILES string of the molecule is [C-]#[N+]/C(=C\c1cc2cc(N(C)CCOC(=O)NCc3ccc(COc4nc(N)nc5nc[nH]c45)cc3)ccc2o1)c1nc2ccccc2s1. The first-order chi connectivity index (χ1) is 23.9. The molecule has 49 heavy (non-hydrogen) atoms. The van der Waals surface area contributed by atoms with Crippen LogP contribution >= 0.6 is 11.3 Å². The maximum absolute atomic E-state index is 12.4. The number of nitrogens with one attached hydrogen (secondary N) is 2. The van der Waals surface area contributed by atoms with E-state index in [4.69, 9.17) is 26.2 Å². The van der Waals surface area contributed by atoms with Crippen molar-refractivity contribution in [2.75, 3.05) is 30.8 Å². The molecule has 0 radical (unpaired) electrons. The molecule has 0 fully saturated rings. The third-order valence-electron chi connectivity index (χ3n) is 7.64. The summed E-state index contributed by atoms with van der Waals surface area (Å²) in [5.74, 6) is 0.991. The van der Waals surface area contributed by atoms with E-state index in [1.54, 1.807) is 6.08 Å². The van der Waals surface area contributed by atoms with Gasteiger partial charge in [0.2, 0.25) is 17.5 Å². The van der Waals surface area contributed by atoms with Crippen LogP contribution in [0.25, 0.3) is 49.0 Å². The number of furan rings is 1. The van der Waals surface area contributed by atoms with Crippen LogP contribution in [0.5, 0.6) is 5.88 Å². The molecule has 4 heterocycles. The second-order valence-electron chi connectivity index (χ2n) is 11.0. The van der Waals surface area contributed by atoms with Gasteiger partial charge in [0.25, 0.3) is 0 Å². The Labute approximate surface area is 283 Å². The maximum Gasteiger partial charge on any atom is 0.407 e. The molecule has 244 valence electrons. The van der Waals surface area contributed by atoms with Crippen LogP contribution in [0, 0.1) is 6.57 Å². The number of fused-ring (bicyclic) bond motifs is 3. The molecule has 0 bridgehead atoms. The lowest BCUT2D eigenvalue weighted by molar-refractivity contribution is 0.148. The van der Waals surface area contributed by atoms with Crippen LogP contribution in [-0.2, 0) is 17.9 Å². The van der Waals surface area contributed by atoms with Crippen LogP contribution in [0.4, 0.5) is 16.4 Å². The van der Waals surface area contributed by atoms with E-state index in [9.17, 15) is 4.79 Å². The lowest BCUT2D eigenvalue weighted by Gasteiger charge is -2.19. The minimum Gasteiger partial charge on any atom is -0.471 e. The van der Waals surface area contributed by atoms with Gasteiger partial charge < -0.3 is 34.8 Å². The molecule has 4 aromatic heterocycles. The molecule has 0 spiro atoms. The number of carbonyl (C=O) groups excluding carboxylic acids is 1. The Morgan fingerprint density at radius 3 is 2.78 bits per heavy atom. The predicted molar refractivity (Wildman–Crippen MR) is 189 cm³/mol. The number of para-hydroxylation sites is 1. The van der Waals surface area contributed by atoms with Crippen molar-refractivity contribution < 1.29 is 18.7 Å². The molecular formula is C35H29N9O4S. The Kier molecular flexibility index (Phi) is 8.72. The zero-order chi connectivity index (χ0) is 33.7. The van der Waals surface area contributed by atoms with Crippen molar-refractivity contribution in [3.8, 4) is 5.88 Å². The molecule has 0 atom stereocenters. The number of anilines is 2. The Morgan fingerprint density at radius 1 is 1.10 bits per heavy atom. The van der Waals surface area contributed by atoms with Crippen molar-refractivity contribution >= 4 is 73.2 Å². The van der Waals surface area contributed by atoms with Gasteiger partial charge in [0.05, 0.1) is 29.7 Å². The van der Waals surface area contributed by atoms with Crippen LogP contribution in [0.1, 0.15) is 21.9 Å². The van der Waals surface area contributed by atoms with Gasteiger partial charge >= 0.3 is 6.09 Å². The van der Waals surface area contributed by atoms with Crippen LogP contribution in [-0.4, -0.2) is 51.2 Å². The van der Waals surface area contributed by atoms with E-state index in [0.717, 1.165) is 32.4 Å². The molecular weight excluding hydrogens is 643 g/mol. The van der Waals surface area contributed by atoms with E-state index >= 15 is 0 Å². The smallest absolute Gasteiger partial charge is 0.407 e. The van der Waals surface area contributed by atoms with Gasteiger partial charge in [-0.25, -0.2) is 19.6 Å². The molecule has 7 rings (SSSR count). The molecule has 1 amide bonds. The van der Waals surface area contributed by atoms with Crippen molar-refractivity contribution in [3.05, 3.63) is 112 Å². The Morgan fingerprint density at radius 2 is 1.94 bits per heavy atom. The highest BCUT2D eigenvalue weighted by Crippen LogP contribution is 2.31. The van der Waals surface area contributed by atoms with Crippen molar-refractivity contribution in [1.82, 2.24) is 30.2 Å². The highest BCUT2D eigenvalue weighted by Gasteiger charge is 2.13. The highest BCUT2D eigenvalue weighted by atomic mass is 32.1. The summed E-state index contributed by atoms with van der Waals surface area (Å²) in [4.78, 5) is 37.9. The van der Waals surface area contributed by atoms with E-state index in [1.807, 2.05) is 84.7 Å². The monoisotopic (exact) mass is 671 g/mol. The number of nitrogens with two attached hydrogens (primary N) is 1. The van der Waals surface area contributed by atoms with Crippen LogP contribution in [0.2, 0.25) is 0 Å². The standard InChI is InChI=1S/C35H29N9O4S/c1-37-27(33-41-26-5-3-4-6-29(26)49-33)17-25-16-23-15-24(11-12-28(23)48-25)44(2)13-14-46-35(45)38-18-21-7-9-22(10-8-21)19-47-32-30-31(40-20-39-30)42-34(36)43-32/h3-12,15-17,20H,13-14,18-19H2,2H3,(H,38,45)(H3,36,39,40,42,43)/b27-17-. The highest BCUT2D eigenvalue weighted by molar-refractivity contribution is 7.19. The second-order valence-corrected chi connectivity index (χ2v) is 12.0. The van der Waals surface area contributed by atoms with Gasteiger partial charge in [-0.2, -0.15) is 9.97 Å². The fraction of sp³-hybridized carbons (Fsp3) is 0.143. The number of alkyl carbamates (subject to hydrolysis) is 1. The average Bonchev–Trinajstić information content (AvgIpc) is 3.86. The van der Waals surface area contributed by atoms with Crippen LogP contribution < -0.4 is 20.7 Å². The number of benzene rings is 3. The first-order valence-corrected chi connectivity index (χ1v) is 16.0. The summed E-state index contributed by atoms with van der Waals surface area (Å²) < 4.78 is 18.3. The minimum absolute atomic E-state index is 0.0858. The Bertz CT molecular complexity index is 2320. The number of likely N-dealkylation sites (N-methyl/N-ethyl adjacent to an activating group) is 1. The number of hydrogen-bond donors (Lipinski definition) is 3. The van der Waals surface area contributed by atoms with Crippen molar-refractivity contribution in [2.45, 2.75) is 13.2 Å². The van der Waals surface area contributed by atoms with Crippen molar-refractivity contribution in [1.29, 1.82) is 0 Å². The molecule has 7 aromatic rings. The van der Waals surface area contributed by atoms with Gasteiger partial charge in [0.15, 0.2) is 5.65 Å². The number of aromatic amines is 1. The van der Waals surface area contributed by atoms with Gasteiger partial charge in [0, 0.05) is 24.7 Å². The number of imidazole rings is 1. The quantitative estimate of drug-likeness (QED) is 0.127.